The number of halogens is 1. The maximum atomic E-state index is 13.3. The van der Waals surface area contributed by atoms with Gasteiger partial charge < -0.3 is 9.47 Å². The van der Waals surface area contributed by atoms with Crippen molar-refractivity contribution in [3.05, 3.63) is 94.5 Å². The van der Waals surface area contributed by atoms with Crippen molar-refractivity contribution < 1.29 is 14.3 Å². The van der Waals surface area contributed by atoms with Crippen molar-refractivity contribution in [2.45, 2.75) is 0 Å². The van der Waals surface area contributed by atoms with Crippen LogP contribution in [0.5, 0.6) is 11.5 Å². The molecule has 0 unspecified atom stereocenters. The zero-order chi connectivity index (χ0) is 21.1. The Morgan fingerprint density at radius 3 is 2.23 bits per heavy atom. The number of carbonyl (C=O) groups is 1. The zero-order valence-electron chi connectivity index (χ0n) is 16.5. The molecule has 0 N–H and O–H groups in total. The number of benzene rings is 3. The van der Waals surface area contributed by atoms with Gasteiger partial charge in [-0.25, -0.2) is 0 Å². The standard InChI is InChI=1S/C24H19ClN2O3/c1-29-21-15-16(14-20(25)23(21)30-2)13-19-22(17-9-5-3-6-10-17)26-27(24(19)28)18-11-7-4-8-12-18/h3-15H,1-2H3/b19-13-. The van der Waals surface area contributed by atoms with Crippen molar-refractivity contribution in [2.24, 2.45) is 5.10 Å². The second-order valence-corrected chi connectivity index (χ2v) is 6.97. The summed E-state index contributed by atoms with van der Waals surface area (Å²) < 4.78 is 10.7. The number of nitrogens with zero attached hydrogens (tertiary/aromatic N) is 2. The van der Waals surface area contributed by atoms with E-state index in [2.05, 4.69) is 5.10 Å². The highest BCUT2D eigenvalue weighted by Crippen LogP contribution is 2.37. The Labute approximate surface area is 179 Å². The van der Waals surface area contributed by atoms with Crippen LogP contribution in [0.1, 0.15) is 11.1 Å². The van der Waals surface area contributed by atoms with Gasteiger partial charge in [-0.3, -0.25) is 4.79 Å². The average molecular weight is 419 g/mol. The monoisotopic (exact) mass is 418 g/mol. The molecule has 0 atom stereocenters. The van der Waals surface area contributed by atoms with Crippen LogP contribution >= 0.6 is 11.6 Å². The zero-order valence-corrected chi connectivity index (χ0v) is 17.3. The summed E-state index contributed by atoms with van der Waals surface area (Å²) >= 11 is 6.35. The number of methoxy groups -OCH3 is 2. The predicted molar refractivity (Wildman–Crippen MR) is 119 cm³/mol. The van der Waals surface area contributed by atoms with Crippen molar-refractivity contribution in [2.75, 3.05) is 19.2 Å². The highest BCUT2D eigenvalue weighted by Gasteiger charge is 2.32. The fourth-order valence-corrected chi connectivity index (χ4v) is 3.58. The maximum Gasteiger partial charge on any atom is 0.281 e. The number of carbonyl (C=O) groups excluding carboxylic acids is 1. The Morgan fingerprint density at radius 1 is 0.933 bits per heavy atom. The van der Waals surface area contributed by atoms with Crippen LogP contribution in [0.3, 0.4) is 0 Å². The number of rotatable bonds is 5. The van der Waals surface area contributed by atoms with Gasteiger partial charge in [0.15, 0.2) is 11.5 Å². The fourth-order valence-electron chi connectivity index (χ4n) is 3.29. The number of hydrogen-bond donors (Lipinski definition) is 0. The second-order valence-electron chi connectivity index (χ2n) is 6.56. The number of ether oxygens (including phenoxy) is 2. The molecule has 0 aliphatic carbocycles. The number of hydrogen-bond acceptors (Lipinski definition) is 4. The Hall–Kier alpha value is -3.57. The largest absolute Gasteiger partial charge is 0.493 e. The van der Waals surface area contributed by atoms with Gasteiger partial charge in [-0.05, 0) is 35.9 Å². The lowest BCUT2D eigenvalue weighted by Crippen LogP contribution is -2.21. The highest BCUT2D eigenvalue weighted by molar-refractivity contribution is 6.37. The lowest BCUT2D eigenvalue weighted by molar-refractivity contribution is -0.114. The van der Waals surface area contributed by atoms with Crippen LogP contribution in [-0.4, -0.2) is 25.8 Å². The Morgan fingerprint density at radius 2 is 1.60 bits per heavy atom. The lowest BCUT2D eigenvalue weighted by Gasteiger charge is -2.12. The van der Waals surface area contributed by atoms with Gasteiger partial charge in [-0.15, -0.1) is 0 Å². The molecule has 0 bridgehead atoms. The minimum atomic E-state index is -0.217. The molecule has 0 radical (unpaired) electrons. The molecule has 1 heterocycles. The first-order valence-corrected chi connectivity index (χ1v) is 9.67. The van der Waals surface area contributed by atoms with Gasteiger partial charge in [0.25, 0.3) is 5.91 Å². The molecule has 1 aliphatic rings. The Kier molecular flexibility index (Phi) is 5.55. The third kappa shape index (κ3) is 3.67. The first-order chi connectivity index (χ1) is 14.6. The van der Waals surface area contributed by atoms with E-state index in [1.807, 2.05) is 60.7 Å². The molecule has 4 rings (SSSR count). The first kappa shape index (κ1) is 19.7. The van der Waals surface area contributed by atoms with Crippen LogP contribution in [0, 0.1) is 0 Å². The van der Waals surface area contributed by atoms with E-state index in [9.17, 15) is 4.79 Å². The molecule has 0 saturated heterocycles. The first-order valence-electron chi connectivity index (χ1n) is 9.29. The van der Waals surface area contributed by atoms with E-state index < -0.39 is 0 Å². The molecule has 1 aliphatic heterocycles. The summed E-state index contributed by atoms with van der Waals surface area (Å²) in [4.78, 5) is 13.3. The van der Waals surface area contributed by atoms with Gasteiger partial charge in [-0.2, -0.15) is 10.1 Å². The van der Waals surface area contributed by atoms with Gasteiger partial charge in [0, 0.05) is 5.56 Å². The molecule has 0 spiro atoms. The van der Waals surface area contributed by atoms with Gasteiger partial charge in [0.1, 0.15) is 5.71 Å². The Bertz CT molecular complexity index is 1140. The van der Waals surface area contributed by atoms with Crippen molar-refractivity contribution in [3.63, 3.8) is 0 Å². The summed E-state index contributed by atoms with van der Waals surface area (Å²) in [5, 5.41) is 6.44. The van der Waals surface area contributed by atoms with Crippen LogP contribution in [0.2, 0.25) is 5.02 Å². The van der Waals surface area contributed by atoms with E-state index in [-0.39, 0.29) is 5.91 Å². The summed E-state index contributed by atoms with van der Waals surface area (Å²) in [6.45, 7) is 0. The molecule has 0 aromatic heterocycles. The van der Waals surface area contributed by atoms with E-state index in [1.165, 1.54) is 12.1 Å². The molecule has 1 amide bonds. The molecule has 5 nitrogen and oxygen atoms in total. The molecule has 0 fully saturated rings. The third-order valence-electron chi connectivity index (χ3n) is 4.69. The van der Waals surface area contributed by atoms with Gasteiger partial charge >= 0.3 is 0 Å². The second kappa shape index (κ2) is 8.43. The van der Waals surface area contributed by atoms with Crippen molar-refractivity contribution in [1.29, 1.82) is 0 Å². The van der Waals surface area contributed by atoms with E-state index in [0.29, 0.717) is 39.1 Å². The molecule has 3 aromatic rings. The predicted octanol–water partition coefficient (Wildman–Crippen LogP) is 5.19. The van der Waals surface area contributed by atoms with Crippen LogP contribution < -0.4 is 14.5 Å². The number of anilines is 1. The van der Waals surface area contributed by atoms with Crippen molar-refractivity contribution >= 4 is 35.0 Å². The summed E-state index contributed by atoms with van der Waals surface area (Å²) in [6.07, 6.45) is 1.77. The summed E-state index contributed by atoms with van der Waals surface area (Å²) in [5.74, 6) is 0.716. The number of para-hydroxylation sites is 1. The lowest BCUT2D eigenvalue weighted by atomic mass is 10.00. The van der Waals surface area contributed by atoms with Crippen LogP contribution in [0.25, 0.3) is 6.08 Å². The topological polar surface area (TPSA) is 51.1 Å². The SMILES string of the molecule is COc1cc(/C=C2\C(=O)N(c3ccccc3)N=C2c2ccccc2)cc(Cl)c1OC. The fraction of sp³-hybridized carbons (Fsp3) is 0.0833. The maximum absolute atomic E-state index is 13.3. The van der Waals surface area contributed by atoms with E-state index >= 15 is 0 Å². The summed E-state index contributed by atoms with van der Waals surface area (Å²) in [7, 11) is 3.07. The number of hydrazone groups is 1. The molecular formula is C24H19ClN2O3. The Balaban J connectivity index is 1.84. The van der Waals surface area contributed by atoms with Gasteiger partial charge in [0.2, 0.25) is 0 Å². The van der Waals surface area contributed by atoms with Crippen LogP contribution in [0.15, 0.2) is 83.5 Å². The van der Waals surface area contributed by atoms with E-state index in [1.54, 1.807) is 25.3 Å². The van der Waals surface area contributed by atoms with E-state index in [0.717, 1.165) is 5.56 Å². The highest BCUT2D eigenvalue weighted by atomic mass is 35.5. The normalized spacial score (nSPS) is 14.8. The van der Waals surface area contributed by atoms with Gasteiger partial charge in [-0.1, -0.05) is 60.1 Å². The smallest absolute Gasteiger partial charge is 0.281 e. The molecular weight excluding hydrogens is 400 g/mol. The molecule has 3 aromatic carbocycles. The average Bonchev–Trinajstić information content (AvgIpc) is 3.10. The molecule has 6 heteroatoms. The summed E-state index contributed by atoms with van der Waals surface area (Å²) in [6, 6.07) is 22.5. The van der Waals surface area contributed by atoms with E-state index in [4.69, 9.17) is 21.1 Å². The third-order valence-corrected chi connectivity index (χ3v) is 4.97. The minimum absolute atomic E-state index is 0.217. The minimum Gasteiger partial charge on any atom is -0.493 e. The summed E-state index contributed by atoms with van der Waals surface area (Å²) in [5.41, 5.74) is 3.31. The van der Waals surface area contributed by atoms with Crippen LogP contribution in [0.4, 0.5) is 5.69 Å². The molecule has 150 valence electrons. The van der Waals surface area contributed by atoms with Gasteiger partial charge in [0.05, 0.1) is 30.5 Å². The number of amides is 1. The van der Waals surface area contributed by atoms with Crippen LogP contribution in [-0.2, 0) is 4.79 Å². The quantitative estimate of drug-likeness (QED) is 0.535. The van der Waals surface area contributed by atoms with Crippen molar-refractivity contribution in [3.8, 4) is 11.5 Å². The molecule has 30 heavy (non-hydrogen) atoms. The van der Waals surface area contributed by atoms with Crippen molar-refractivity contribution in [1.82, 2.24) is 0 Å². The molecule has 0 saturated carbocycles.